The van der Waals surface area contributed by atoms with Gasteiger partial charge in [0.05, 0.1) is 6.54 Å². The Morgan fingerprint density at radius 2 is 2.06 bits per heavy atom. The highest BCUT2D eigenvalue weighted by Crippen LogP contribution is 2.17. The van der Waals surface area contributed by atoms with Gasteiger partial charge in [-0.15, -0.1) is 0 Å². The number of hydrogen-bond donors (Lipinski definition) is 3. The molecule has 5 heteroatoms. The summed E-state index contributed by atoms with van der Waals surface area (Å²) in [6, 6.07) is 7.37. The van der Waals surface area contributed by atoms with E-state index in [-0.39, 0.29) is 12.3 Å². The van der Waals surface area contributed by atoms with E-state index < -0.39 is 6.09 Å². The molecule has 0 radical (unpaired) electrons. The van der Waals surface area contributed by atoms with Crippen LogP contribution in [0.4, 0.5) is 4.79 Å². The average Bonchev–Trinajstić information content (AvgIpc) is 2.69. The van der Waals surface area contributed by atoms with E-state index in [1.165, 1.54) is 0 Å². The normalized spacial score (nSPS) is 10.2. The molecule has 2 aromatic rings. The van der Waals surface area contributed by atoms with Crippen molar-refractivity contribution in [1.29, 1.82) is 0 Å². The fourth-order valence-corrected chi connectivity index (χ4v) is 1.55. The molecular weight excluding hydrogens is 208 g/mol. The Kier molecular flexibility index (Phi) is 2.59. The monoisotopic (exact) mass is 218 g/mol. The average molecular weight is 218 g/mol. The highest BCUT2D eigenvalue weighted by atomic mass is 16.4. The first-order valence-corrected chi connectivity index (χ1v) is 4.74. The first-order chi connectivity index (χ1) is 7.68. The first-order valence-electron chi connectivity index (χ1n) is 4.74. The number of rotatable bonds is 3. The maximum atomic E-state index is 11.7. The number of amides is 1. The van der Waals surface area contributed by atoms with E-state index in [1.807, 2.05) is 24.3 Å². The molecule has 2 rings (SSSR count). The number of para-hydroxylation sites is 1. The van der Waals surface area contributed by atoms with Crippen LogP contribution in [0, 0.1) is 0 Å². The Morgan fingerprint density at radius 1 is 1.31 bits per heavy atom. The summed E-state index contributed by atoms with van der Waals surface area (Å²) in [7, 11) is 0. The SMILES string of the molecule is O=C(O)NCC(=O)c1c[nH]c2ccccc12. The number of fused-ring (bicyclic) bond motifs is 1. The van der Waals surface area contributed by atoms with E-state index in [9.17, 15) is 9.59 Å². The summed E-state index contributed by atoms with van der Waals surface area (Å²) in [4.78, 5) is 24.9. The molecule has 0 fully saturated rings. The van der Waals surface area contributed by atoms with Crippen molar-refractivity contribution in [2.24, 2.45) is 0 Å². The molecule has 0 aliphatic carbocycles. The molecule has 1 amide bonds. The zero-order valence-corrected chi connectivity index (χ0v) is 8.36. The standard InChI is InChI=1S/C11H10N2O3/c14-10(6-13-11(15)16)8-5-12-9-4-2-1-3-7(8)9/h1-5,12-13H,6H2,(H,15,16). The van der Waals surface area contributed by atoms with Crippen LogP contribution in [-0.4, -0.2) is 28.5 Å². The third kappa shape index (κ3) is 1.88. The second kappa shape index (κ2) is 4.06. The maximum Gasteiger partial charge on any atom is 0.405 e. The van der Waals surface area contributed by atoms with Crippen LogP contribution in [0.5, 0.6) is 0 Å². The van der Waals surface area contributed by atoms with E-state index in [2.05, 4.69) is 10.3 Å². The molecular formula is C11H10N2O3. The van der Waals surface area contributed by atoms with Crippen LogP contribution in [0.2, 0.25) is 0 Å². The van der Waals surface area contributed by atoms with Crippen molar-refractivity contribution in [3.8, 4) is 0 Å². The zero-order chi connectivity index (χ0) is 11.5. The summed E-state index contributed by atoms with van der Waals surface area (Å²) in [5, 5.41) is 11.3. The third-order valence-electron chi connectivity index (χ3n) is 2.29. The summed E-state index contributed by atoms with van der Waals surface area (Å²) >= 11 is 0. The van der Waals surface area contributed by atoms with Gasteiger partial charge in [-0.3, -0.25) is 4.79 Å². The van der Waals surface area contributed by atoms with Gasteiger partial charge < -0.3 is 15.4 Å². The van der Waals surface area contributed by atoms with Crippen LogP contribution in [0.1, 0.15) is 10.4 Å². The highest BCUT2D eigenvalue weighted by molar-refractivity contribution is 6.09. The first kappa shape index (κ1) is 10.2. The summed E-state index contributed by atoms with van der Waals surface area (Å²) in [6.45, 7) is -0.211. The van der Waals surface area contributed by atoms with Crippen molar-refractivity contribution in [3.05, 3.63) is 36.0 Å². The molecule has 0 spiro atoms. The molecule has 1 heterocycles. The number of hydrogen-bond acceptors (Lipinski definition) is 2. The Labute approximate surface area is 91.1 Å². The summed E-state index contributed by atoms with van der Waals surface area (Å²) in [6.07, 6.45) is 0.393. The molecule has 0 aliphatic heterocycles. The largest absolute Gasteiger partial charge is 0.465 e. The van der Waals surface area contributed by atoms with Crippen LogP contribution < -0.4 is 5.32 Å². The van der Waals surface area contributed by atoms with Crippen LogP contribution >= 0.6 is 0 Å². The fraction of sp³-hybridized carbons (Fsp3) is 0.0909. The summed E-state index contributed by atoms with van der Waals surface area (Å²) < 4.78 is 0. The van der Waals surface area contributed by atoms with Gasteiger partial charge in [-0.2, -0.15) is 0 Å². The Morgan fingerprint density at radius 3 is 2.81 bits per heavy atom. The van der Waals surface area contributed by atoms with Gasteiger partial charge in [0.1, 0.15) is 0 Å². The lowest BCUT2D eigenvalue weighted by atomic mass is 10.1. The lowest BCUT2D eigenvalue weighted by molar-refractivity contribution is 0.0988. The molecule has 1 aromatic heterocycles. The number of carbonyl (C=O) groups is 2. The molecule has 0 atom stereocenters. The van der Waals surface area contributed by atoms with E-state index in [1.54, 1.807) is 6.20 Å². The number of aromatic nitrogens is 1. The second-order valence-corrected chi connectivity index (χ2v) is 3.33. The molecule has 1 aromatic carbocycles. The highest BCUT2D eigenvalue weighted by Gasteiger charge is 2.11. The molecule has 0 aliphatic rings. The molecule has 5 nitrogen and oxygen atoms in total. The van der Waals surface area contributed by atoms with Crippen LogP contribution in [-0.2, 0) is 0 Å². The minimum atomic E-state index is -1.20. The Hall–Kier alpha value is -2.30. The van der Waals surface area contributed by atoms with Crippen LogP contribution in [0.15, 0.2) is 30.5 Å². The number of H-pyrrole nitrogens is 1. The van der Waals surface area contributed by atoms with Crippen molar-refractivity contribution in [3.63, 3.8) is 0 Å². The molecule has 16 heavy (non-hydrogen) atoms. The van der Waals surface area contributed by atoms with Crippen molar-refractivity contribution >= 4 is 22.8 Å². The summed E-state index contributed by atoms with van der Waals surface area (Å²) in [5.74, 6) is -0.250. The Bertz CT molecular complexity index is 545. The lowest BCUT2D eigenvalue weighted by Crippen LogP contribution is -2.27. The van der Waals surface area contributed by atoms with Gasteiger partial charge >= 0.3 is 6.09 Å². The second-order valence-electron chi connectivity index (χ2n) is 3.33. The molecule has 0 bridgehead atoms. The quantitative estimate of drug-likeness (QED) is 0.684. The number of benzene rings is 1. The zero-order valence-electron chi connectivity index (χ0n) is 8.36. The smallest absolute Gasteiger partial charge is 0.405 e. The molecule has 0 saturated carbocycles. The van der Waals surface area contributed by atoms with Crippen molar-refractivity contribution in [2.75, 3.05) is 6.54 Å². The number of carboxylic acid groups (broad SMARTS) is 1. The van der Waals surface area contributed by atoms with Gasteiger partial charge in [0.2, 0.25) is 0 Å². The Balaban J connectivity index is 2.26. The molecule has 82 valence electrons. The number of Topliss-reactive ketones (excluding diaryl/α,β-unsaturated/α-hetero) is 1. The van der Waals surface area contributed by atoms with Gasteiger partial charge in [0.25, 0.3) is 0 Å². The van der Waals surface area contributed by atoms with E-state index in [0.717, 1.165) is 10.9 Å². The minimum Gasteiger partial charge on any atom is -0.465 e. The van der Waals surface area contributed by atoms with Crippen molar-refractivity contribution in [2.45, 2.75) is 0 Å². The lowest BCUT2D eigenvalue weighted by Gasteiger charge is -1.99. The summed E-state index contributed by atoms with van der Waals surface area (Å²) in [5.41, 5.74) is 1.37. The predicted molar refractivity (Wildman–Crippen MR) is 58.7 cm³/mol. The van der Waals surface area contributed by atoms with E-state index in [0.29, 0.717) is 5.56 Å². The van der Waals surface area contributed by atoms with Crippen molar-refractivity contribution < 1.29 is 14.7 Å². The van der Waals surface area contributed by atoms with Crippen LogP contribution in [0.25, 0.3) is 10.9 Å². The number of ketones is 1. The third-order valence-corrected chi connectivity index (χ3v) is 2.29. The van der Waals surface area contributed by atoms with E-state index in [4.69, 9.17) is 5.11 Å². The number of nitrogens with one attached hydrogen (secondary N) is 2. The van der Waals surface area contributed by atoms with Crippen LogP contribution in [0.3, 0.4) is 0 Å². The fourth-order valence-electron chi connectivity index (χ4n) is 1.55. The van der Waals surface area contributed by atoms with Gasteiger partial charge in [-0.05, 0) is 6.07 Å². The number of aromatic amines is 1. The maximum absolute atomic E-state index is 11.7. The molecule has 0 saturated heterocycles. The van der Waals surface area contributed by atoms with Crippen molar-refractivity contribution in [1.82, 2.24) is 10.3 Å². The van der Waals surface area contributed by atoms with Gasteiger partial charge in [-0.25, -0.2) is 4.79 Å². The minimum absolute atomic E-state index is 0.211. The number of carbonyl (C=O) groups excluding carboxylic acids is 1. The predicted octanol–water partition coefficient (Wildman–Crippen LogP) is 1.62. The van der Waals surface area contributed by atoms with E-state index >= 15 is 0 Å². The van der Waals surface area contributed by atoms with Gasteiger partial charge in [0, 0.05) is 22.7 Å². The van der Waals surface area contributed by atoms with Gasteiger partial charge in [-0.1, -0.05) is 18.2 Å². The van der Waals surface area contributed by atoms with Gasteiger partial charge in [0.15, 0.2) is 5.78 Å². The topological polar surface area (TPSA) is 82.2 Å². The molecule has 0 unspecified atom stereocenters. The molecule has 3 N–H and O–H groups in total.